The number of nitro groups is 1. The average Bonchev–Trinajstić information content (AvgIpc) is 2.36. The van der Waals surface area contributed by atoms with Crippen molar-refractivity contribution >= 4 is 51.3 Å². The van der Waals surface area contributed by atoms with Gasteiger partial charge in [-0.2, -0.15) is 0 Å². The minimum absolute atomic E-state index is 0.0434. The van der Waals surface area contributed by atoms with Crippen LogP contribution in [0.25, 0.3) is 0 Å². The van der Waals surface area contributed by atoms with Crippen LogP contribution in [0.4, 0.5) is 21.5 Å². The van der Waals surface area contributed by atoms with Crippen LogP contribution >= 0.6 is 34.2 Å². The lowest BCUT2D eigenvalue weighted by atomic mass is 10.2. The highest BCUT2D eigenvalue weighted by molar-refractivity contribution is 14.1. The molecule has 0 aliphatic rings. The summed E-state index contributed by atoms with van der Waals surface area (Å²) in [6.07, 6.45) is 0. The molecule has 0 amide bonds. The van der Waals surface area contributed by atoms with E-state index in [0.29, 0.717) is 11.4 Å². The first-order chi connectivity index (χ1) is 8.97. The Morgan fingerprint density at radius 1 is 1.26 bits per heavy atom. The van der Waals surface area contributed by atoms with Gasteiger partial charge in [0.2, 0.25) is 0 Å². The van der Waals surface area contributed by atoms with Crippen molar-refractivity contribution in [2.75, 3.05) is 5.32 Å². The summed E-state index contributed by atoms with van der Waals surface area (Å²) in [5, 5.41) is 13.8. The first-order valence-corrected chi connectivity index (χ1v) is 6.59. The highest BCUT2D eigenvalue weighted by Crippen LogP contribution is 2.30. The lowest BCUT2D eigenvalue weighted by molar-refractivity contribution is -0.384. The third kappa shape index (κ3) is 3.32. The third-order valence-electron chi connectivity index (χ3n) is 2.36. The van der Waals surface area contributed by atoms with Crippen LogP contribution in [-0.4, -0.2) is 4.92 Å². The zero-order valence-electron chi connectivity index (χ0n) is 9.36. The second-order valence-electron chi connectivity index (χ2n) is 3.67. The number of rotatable bonds is 3. The van der Waals surface area contributed by atoms with Crippen LogP contribution in [0.3, 0.4) is 0 Å². The van der Waals surface area contributed by atoms with E-state index in [4.69, 9.17) is 11.6 Å². The number of halogens is 3. The molecular formula is C12H7ClFIN2O2. The first kappa shape index (κ1) is 14.0. The Balaban J connectivity index is 2.37. The largest absolute Gasteiger partial charge is 0.350 e. The Morgan fingerprint density at radius 3 is 2.63 bits per heavy atom. The van der Waals surface area contributed by atoms with E-state index >= 15 is 0 Å². The molecule has 19 heavy (non-hydrogen) atoms. The van der Waals surface area contributed by atoms with Crippen LogP contribution in [-0.2, 0) is 0 Å². The average molecular weight is 393 g/mol. The van der Waals surface area contributed by atoms with Crippen molar-refractivity contribution in [1.82, 2.24) is 0 Å². The summed E-state index contributed by atoms with van der Waals surface area (Å²) in [6.45, 7) is 0. The molecule has 0 saturated heterocycles. The fraction of sp³-hybridized carbons (Fsp3) is 0. The van der Waals surface area contributed by atoms with Gasteiger partial charge in [-0.15, -0.1) is 0 Å². The van der Waals surface area contributed by atoms with Gasteiger partial charge in [0.15, 0.2) is 0 Å². The molecule has 98 valence electrons. The molecule has 0 aliphatic carbocycles. The number of hydrogen-bond acceptors (Lipinski definition) is 3. The van der Waals surface area contributed by atoms with Gasteiger partial charge in [-0.25, -0.2) is 4.39 Å². The van der Waals surface area contributed by atoms with Crippen molar-refractivity contribution < 1.29 is 9.31 Å². The molecule has 0 heterocycles. The molecule has 7 heteroatoms. The highest BCUT2D eigenvalue weighted by atomic mass is 127. The summed E-state index contributed by atoms with van der Waals surface area (Å²) in [4.78, 5) is 10.5. The molecule has 1 N–H and O–H groups in total. The summed E-state index contributed by atoms with van der Waals surface area (Å²) >= 11 is 7.65. The molecule has 0 aromatic heterocycles. The second-order valence-corrected chi connectivity index (χ2v) is 5.33. The number of nitrogens with one attached hydrogen (secondary N) is 1. The van der Waals surface area contributed by atoms with Gasteiger partial charge in [0.25, 0.3) is 5.69 Å². The van der Waals surface area contributed by atoms with E-state index in [1.54, 1.807) is 12.1 Å². The quantitative estimate of drug-likeness (QED) is 0.466. The van der Waals surface area contributed by atoms with E-state index in [-0.39, 0.29) is 10.7 Å². The molecule has 0 atom stereocenters. The fourth-order valence-corrected chi connectivity index (χ4v) is 2.15. The molecule has 0 radical (unpaired) electrons. The maximum atomic E-state index is 13.0. The Labute approximate surface area is 126 Å². The van der Waals surface area contributed by atoms with E-state index in [1.165, 1.54) is 24.3 Å². The molecule has 2 aromatic rings. The number of nitro benzene ring substituents is 1. The molecule has 0 spiro atoms. The van der Waals surface area contributed by atoms with Gasteiger partial charge >= 0.3 is 0 Å². The molecule has 2 aromatic carbocycles. The fourth-order valence-electron chi connectivity index (χ4n) is 1.49. The van der Waals surface area contributed by atoms with Crippen molar-refractivity contribution in [2.45, 2.75) is 0 Å². The Kier molecular flexibility index (Phi) is 4.20. The van der Waals surface area contributed by atoms with Crippen LogP contribution < -0.4 is 5.32 Å². The van der Waals surface area contributed by atoms with Crippen molar-refractivity contribution in [3.8, 4) is 0 Å². The minimum Gasteiger partial charge on any atom is -0.350 e. The van der Waals surface area contributed by atoms with Crippen molar-refractivity contribution in [1.29, 1.82) is 0 Å². The third-order valence-corrected chi connectivity index (χ3v) is 3.32. The minimum atomic E-state index is -0.538. The van der Waals surface area contributed by atoms with Gasteiger partial charge in [-0.3, -0.25) is 10.1 Å². The molecule has 2 rings (SSSR count). The maximum Gasteiger partial charge on any atom is 0.293 e. The molecule has 0 aliphatic heterocycles. The predicted molar refractivity (Wildman–Crippen MR) is 80.5 cm³/mol. The van der Waals surface area contributed by atoms with Crippen LogP contribution in [0.15, 0.2) is 36.4 Å². The number of hydrogen-bond donors (Lipinski definition) is 1. The summed E-state index contributed by atoms with van der Waals surface area (Å²) in [7, 11) is 0. The van der Waals surface area contributed by atoms with E-state index in [9.17, 15) is 14.5 Å². The molecule has 0 bridgehead atoms. The Morgan fingerprint density at radius 2 is 2.00 bits per heavy atom. The lowest BCUT2D eigenvalue weighted by Gasteiger charge is -2.08. The summed E-state index contributed by atoms with van der Waals surface area (Å²) in [5.74, 6) is -0.538. The van der Waals surface area contributed by atoms with Crippen LogP contribution in [0.1, 0.15) is 0 Å². The standard InChI is InChI=1S/C12H7ClFIN2O2/c13-9-6-8(2-3-10(9)14)16-11-4-1-7(15)5-12(11)17(18)19/h1-6,16H. The van der Waals surface area contributed by atoms with Gasteiger partial charge in [0.05, 0.1) is 9.95 Å². The van der Waals surface area contributed by atoms with Gasteiger partial charge in [-0.1, -0.05) is 11.6 Å². The van der Waals surface area contributed by atoms with Gasteiger partial charge in [0.1, 0.15) is 11.5 Å². The zero-order valence-corrected chi connectivity index (χ0v) is 12.3. The van der Waals surface area contributed by atoms with Crippen molar-refractivity contribution in [3.05, 3.63) is 60.9 Å². The molecule has 4 nitrogen and oxygen atoms in total. The number of benzene rings is 2. The number of anilines is 2. The van der Waals surface area contributed by atoms with Crippen LogP contribution in [0, 0.1) is 19.5 Å². The van der Waals surface area contributed by atoms with Gasteiger partial charge < -0.3 is 5.32 Å². The Bertz CT molecular complexity index is 652. The van der Waals surface area contributed by atoms with E-state index in [0.717, 1.165) is 3.57 Å². The monoisotopic (exact) mass is 392 g/mol. The van der Waals surface area contributed by atoms with Crippen molar-refractivity contribution in [2.24, 2.45) is 0 Å². The Hall–Kier alpha value is -1.41. The van der Waals surface area contributed by atoms with E-state index in [2.05, 4.69) is 5.32 Å². The predicted octanol–water partition coefficient (Wildman–Crippen LogP) is 4.74. The van der Waals surface area contributed by atoms with Crippen molar-refractivity contribution in [3.63, 3.8) is 0 Å². The molecule has 0 unspecified atom stereocenters. The molecule has 0 saturated carbocycles. The van der Waals surface area contributed by atoms with E-state index < -0.39 is 10.7 Å². The summed E-state index contributed by atoms with van der Waals surface area (Å²) in [5.41, 5.74) is 0.760. The topological polar surface area (TPSA) is 55.2 Å². The first-order valence-electron chi connectivity index (χ1n) is 5.13. The molecular weight excluding hydrogens is 385 g/mol. The summed E-state index contributed by atoms with van der Waals surface area (Å²) in [6, 6.07) is 8.82. The summed E-state index contributed by atoms with van der Waals surface area (Å²) < 4.78 is 13.8. The highest BCUT2D eigenvalue weighted by Gasteiger charge is 2.14. The lowest BCUT2D eigenvalue weighted by Crippen LogP contribution is -1.97. The SMILES string of the molecule is O=[N+]([O-])c1cc(I)ccc1Nc1ccc(F)c(Cl)c1. The zero-order chi connectivity index (χ0) is 14.0. The van der Waals surface area contributed by atoms with E-state index in [1.807, 2.05) is 22.6 Å². The second kappa shape index (κ2) is 5.70. The van der Waals surface area contributed by atoms with Crippen LogP contribution in [0.2, 0.25) is 5.02 Å². The maximum absolute atomic E-state index is 13.0. The van der Waals surface area contributed by atoms with Gasteiger partial charge in [-0.05, 0) is 52.9 Å². The molecule has 0 fully saturated rings. The van der Waals surface area contributed by atoms with Gasteiger partial charge in [0, 0.05) is 15.3 Å². The smallest absolute Gasteiger partial charge is 0.293 e. The number of nitrogens with zero attached hydrogens (tertiary/aromatic N) is 1. The normalized spacial score (nSPS) is 10.3. The van der Waals surface area contributed by atoms with Crippen LogP contribution in [0.5, 0.6) is 0 Å².